The first-order chi connectivity index (χ1) is 8.36. The topological polar surface area (TPSA) is 6.48 Å². The first kappa shape index (κ1) is 11.4. The molecule has 0 aromatic heterocycles. The van der Waals surface area contributed by atoms with Crippen LogP contribution in [0.2, 0.25) is 0 Å². The third-order valence-electron chi connectivity index (χ3n) is 4.02. The van der Waals surface area contributed by atoms with E-state index in [9.17, 15) is 0 Å². The average molecular weight is 248 g/mol. The van der Waals surface area contributed by atoms with Gasteiger partial charge < -0.3 is 4.90 Å². The third-order valence-corrected chi connectivity index (χ3v) is 4.77. The summed E-state index contributed by atoms with van der Waals surface area (Å²) in [5, 5.41) is 0. The Morgan fingerprint density at radius 2 is 1.94 bits per heavy atom. The molecule has 2 saturated heterocycles. The third kappa shape index (κ3) is 2.31. The standard InChI is InChI=1S/C14H20N2S/c1-17-14-6-4-12(5-7-14)16-10-9-15-8-2-3-13(15)11-16/h4-7,13H,2-3,8-11H2,1H3. The van der Waals surface area contributed by atoms with E-state index in [4.69, 9.17) is 0 Å². The second-order valence-electron chi connectivity index (χ2n) is 4.98. The number of anilines is 1. The fraction of sp³-hybridized carbons (Fsp3) is 0.571. The molecular formula is C14H20N2S. The molecule has 2 nitrogen and oxygen atoms in total. The van der Waals surface area contributed by atoms with Crippen molar-refractivity contribution in [2.24, 2.45) is 0 Å². The fourth-order valence-corrected chi connectivity index (χ4v) is 3.43. The van der Waals surface area contributed by atoms with Crippen molar-refractivity contribution in [3.05, 3.63) is 24.3 Å². The van der Waals surface area contributed by atoms with E-state index < -0.39 is 0 Å². The summed E-state index contributed by atoms with van der Waals surface area (Å²) in [6, 6.07) is 9.83. The number of nitrogens with zero attached hydrogens (tertiary/aromatic N) is 2. The van der Waals surface area contributed by atoms with Crippen LogP contribution < -0.4 is 4.90 Å². The predicted octanol–water partition coefficient (Wildman–Crippen LogP) is 2.69. The van der Waals surface area contributed by atoms with E-state index in [0.717, 1.165) is 6.04 Å². The van der Waals surface area contributed by atoms with Crippen molar-refractivity contribution in [1.29, 1.82) is 0 Å². The molecule has 0 radical (unpaired) electrons. The van der Waals surface area contributed by atoms with Gasteiger partial charge in [0.2, 0.25) is 0 Å². The minimum Gasteiger partial charge on any atom is -0.369 e. The van der Waals surface area contributed by atoms with Crippen LogP contribution in [0.5, 0.6) is 0 Å². The smallest absolute Gasteiger partial charge is 0.0367 e. The summed E-state index contributed by atoms with van der Waals surface area (Å²) in [6.07, 6.45) is 4.91. The highest BCUT2D eigenvalue weighted by atomic mass is 32.2. The highest BCUT2D eigenvalue weighted by Crippen LogP contribution is 2.26. The lowest BCUT2D eigenvalue weighted by molar-refractivity contribution is 0.231. The van der Waals surface area contributed by atoms with Gasteiger partial charge in [-0.25, -0.2) is 0 Å². The molecule has 0 saturated carbocycles. The molecule has 3 heteroatoms. The Morgan fingerprint density at radius 3 is 2.71 bits per heavy atom. The zero-order chi connectivity index (χ0) is 11.7. The second kappa shape index (κ2) is 4.91. The molecule has 2 heterocycles. The van der Waals surface area contributed by atoms with Gasteiger partial charge in [-0.3, -0.25) is 4.90 Å². The lowest BCUT2D eigenvalue weighted by Crippen LogP contribution is -2.50. The summed E-state index contributed by atoms with van der Waals surface area (Å²) in [4.78, 5) is 6.57. The summed E-state index contributed by atoms with van der Waals surface area (Å²) < 4.78 is 0. The molecule has 0 spiro atoms. The van der Waals surface area contributed by atoms with Crippen LogP contribution in [-0.4, -0.2) is 43.4 Å². The van der Waals surface area contributed by atoms with Crippen LogP contribution in [0.1, 0.15) is 12.8 Å². The Bertz CT molecular complexity index is 376. The molecule has 0 aliphatic carbocycles. The summed E-state index contributed by atoms with van der Waals surface area (Å²) in [5.41, 5.74) is 1.40. The number of fused-ring (bicyclic) bond motifs is 1. The SMILES string of the molecule is CSc1ccc(N2CCN3CCCC3C2)cc1. The van der Waals surface area contributed by atoms with Gasteiger partial charge in [-0.05, 0) is 49.9 Å². The number of hydrogen-bond donors (Lipinski definition) is 0. The van der Waals surface area contributed by atoms with Crippen molar-refractivity contribution in [1.82, 2.24) is 4.90 Å². The monoisotopic (exact) mass is 248 g/mol. The van der Waals surface area contributed by atoms with Crippen LogP contribution in [0, 0.1) is 0 Å². The summed E-state index contributed by atoms with van der Waals surface area (Å²) in [5.74, 6) is 0. The lowest BCUT2D eigenvalue weighted by Gasteiger charge is -2.38. The average Bonchev–Trinajstić information content (AvgIpc) is 2.86. The van der Waals surface area contributed by atoms with Gasteiger partial charge in [0, 0.05) is 36.3 Å². The van der Waals surface area contributed by atoms with Crippen LogP contribution in [0.4, 0.5) is 5.69 Å². The molecular weight excluding hydrogens is 228 g/mol. The molecule has 1 unspecified atom stereocenters. The lowest BCUT2D eigenvalue weighted by atomic mass is 10.1. The van der Waals surface area contributed by atoms with E-state index in [-0.39, 0.29) is 0 Å². The van der Waals surface area contributed by atoms with Crippen LogP contribution in [0.15, 0.2) is 29.2 Å². The van der Waals surface area contributed by atoms with Crippen molar-refractivity contribution in [2.45, 2.75) is 23.8 Å². The van der Waals surface area contributed by atoms with Gasteiger partial charge >= 0.3 is 0 Å². The van der Waals surface area contributed by atoms with Crippen molar-refractivity contribution < 1.29 is 0 Å². The molecule has 1 aromatic rings. The maximum absolute atomic E-state index is 2.66. The second-order valence-corrected chi connectivity index (χ2v) is 5.86. The van der Waals surface area contributed by atoms with E-state index >= 15 is 0 Å². The summed E-state index contributed by atoms with van der Waals surface area (Å²) in [7, 11) is 0. The maximum Gasteiger partial charge on any atom is 0.0367 e. The van der Waals surface area contributed by atoms with E-state index in [1.807, 2.05) is 11.8 Å². The fourth-order valence-electron chi connectivity index (χ4n) is 3.02. The van der Waals surface area contributed by atoms with E-state index in [0.29, 0.717) is 0 Å². The molecule has 2 fully saturated rings. The minimum atomic E-state index is 0.809. The van der Waals surface area contributed by atoms with Gasteiger partial charge in [-0.2, -0.15) is 0 Å². The van der Waals surface area contributed by atoms with Crippen molar-refractivity contribution >= 4 is 17.4 Å². The van der Waals surface area contributed by atoms with Crippen LogP contribution in [0.25, 0.3) is 0 Å². The van der Waals surface area contributed by atoms with E-state index in [1.54, 1.807) is 0 Å². The van der Waals surface area contributed by atoms with Gasteiger partial charge in [-0.1, -0.05) is 0 Å². The number of rotatable bonds is 2. The number of piperazine rings is 1. The predicted molar refractivity (Wildman–Crippen MR) is 75.0 cm³/mol. The molecule has 17 heavy (non-hydrogen) atoms. The molecule has 3 rings (SSSR count). The van der Waals surface area contributed by atoms with Gasteiger partial charge in [0.15, 0.2) is 0 Å². The van der Waals surface area contributed by atoms with Crippen molar-refractivity contribution in [2.75, 3.05) is 37.3 Å². The van der Waals surface area contributed by atoms with Gasteiger partial charge in [0.25, 0.3) is 0 Å². The minimum absolute atomic E-state index is 0.809. The zero-order valence-electron chi connectivity index (χ0n) is 10.4. The Hall–Kier alpha value is -0.670. The highest BCUT2D eigenvalue weighted by Gasteiger charge is 2.30. The molecule has 0 bridgehead atoms. The van der Waals surface area contributed by atoms with Gasteiger partial charge in [0.1, 0.15) is 0 Å². The highest BCUT2D eigenvalue weighted by molar-refractivity contribution is 7.98. The van der Waals surface area contributed by atoms with Gasteiger partial charge in [-0.15, -0.1) is 11.8 Å². The molecule has 92 valence electrons. The van der Waals surface area contributed by atoms with Gasteiger partial charge in [0.05, 0.1) is 0 Å². The first-order valence-corrected chi connectivity index (χ1v) is 7.72. The summed E-state index contributed by atoms with van der Waals surface area (Å²) >= 11 is 1.81. The molecule has 0 N–H and O–H groups in total. The van der Waals surface area contributed by atoms with Crippen LogP contribution in [0.3, 0.4) is 0 Å². The van der Waals surface area contributed by atoms with Crippen LogP contribution >= 0.6 is 11.8 Å². The van der Waals surface area contributed by atoms with E-state index in [2.05, 4.69) is 40.3 Å². The normalized spacial score (nSPS) is 25.0. The van der Waals surface area contributed by atoms with Crippen molar-refractivity contribution in [3.63, 3.8) is 0 Å². The zero-order valence-corrected chi connectivity index (χ0v) is 11.2. The molecule has 2 aliphatic rings. The Kier molecular flexibility index (Phi) is 3.30. The van der Waals surface area contributed by atoms with Crippen molar-refractivity contribution in [3.8, 4) is 0 Å². The quantitative estimate of drug-likeness (QED) is 0.743. The van der Waals surface area contributed by atoms with Crippen LogP contribution in [-0.2, 0) is 0 Å². The molecule has 0 amide bonds. The Morgan fingerprint density at radius 1 is 1.12 bits per heavy atom. The number of hydrogen-bond acceptors (Lipinski definition) is 3. The Labute approximate surface area is 108 Å². The Balaban J connectivity index is 1.71. The first-order valence-electron chi connectivity index (χ1n) is 6.50. The largest absolute Gasteiger partial charge is 0.369 e. The maximum atomic E-state index is 2.66. The molecule has 1 atom stereocenters. The molecule has 2 aliphatic heterocycles. The summed E-state index contributed by atoms with van der Waals surface area (Å²) in [6.45, 7) is 4.98. The number of benzene rings is 1. The van der Waals surface area contributed by atoms with E-state index in [1.165, 1.54) is 49.6 Å². The number of thioether (sulfide) groups is 1. The molecule has 1 aromatic carbocycles.